The van der Waals surface area contributed by atoms with Gasteiger partial charge in [0.15, 0.2) is 0 Å². The molecule has 4 saturated heterocycles. The predicted octanol–water partition coefficient (Wildman–Crippen LogP) is 10.7. The summed E-state index contributed by atoms with van der Waals surface area (Å²) in [4.78, 5) is 142. The molecule has 34 heteroatoms. The average Bonchev–Trinajstić information content (AvgIpc) is 1.64. The van der Waals surface area contributed by atoms with Crippen molar-refractivity contribution in [2.75, 3.05) is 89.2 Å². The highest BCUT2D eigenvalue weighted by Gasteiger charge is 2.27. The summed E-state index contributed by atoms with van der Waals surface area (Å²) < 4.78 is 0. The second-order valence-corrected chi connectivity index (χ2v) is 24.8. The monoisotopic (exact) mass is 1460 g/mol. The number of aromatic amines is 3. The highest BCUT2D eigenvalue weighted by molar-refractivity contribution is 6.32. The van der Waals surface area contributed by atoms with Crippen molar-refractivity contribution in [1.82, 2.24) is 40.2 Å². The summed E-state index contributed by atoms with van der Waals surface area (Å²) in [5.74, 6) is -1.82. The summed E-state index contributed by atoms with van der Waals surface area (Å²) in [6.45, 7) is 12.9. The molecule has 11 heterocycles. The molecule has 4 aliphatic rings. The Morgan fingerprint density at radius 2 is 0.800 bits per heavy atom. The number of halogens is 1. The molecule has 0 bridgehead atoms. The van der Waals surface area contributed by atoms with Gasteiger partial charge in [-0.3, -0.25) is 54.3 Å². The molecule has 2 amide bonds. The number of carboxylic acid groups (broad SMARTS) is 2. The highest BCUT2D eigenvalue weighted by atomic mass is 35.5. The minimum absolute atomic E-state index is 0. The zero-order valence-electron chi connectivity index (χ0n) is 56.6. The van der Waals surface area contributed by atoms with E-state index in [1.807, 2.05) is 48.8 Å². The van der Waals surface area contributed by atoms with E-state index in [-0.39, 0.29) is 63.2 Å². The fraction of sp³-hybridized carbons (Fsp3) is 0.282. The van der Waals surface area contributed by atoms with Gasteiger partial charge in [-0.2, -0.15) is 0 Å². The Morgan fingerprint density at radius 3 is 1.18 bits per heavy atom. The van der Waals surface area contributed by atoms with Crippen LogP contribution in [0, 0.1) is 51.1 Å². The first-order chi connectivity index (χ1) is 49.7. The van der Waals surface area contributed by atoms with Crippen molar-refractivity contribution in [3.63, 3.8) is 0 Å². The van der Waals surface area contributed by atoms with E-state index in [9.17, 15) is 63.9 Å². The van der Waals surface area contributed by atoms with Crippen molar-refractivity contribution in [2.45, 2.75) is 79.6 Å². The largest absolute Gasteiger partial charge is 0.478 e. The van der Waals surface area contributed by atoms with Gasteiger partial charge in [0.1, 0.15) is 52.3 Å². The summed E-state index contributed by atoms with van der Waals surface area (Å²) in [7, 11) is 0. The minimum atomic E-state index is -1.35. The maximum atomic E-state index is 13.0. The Kier molecular flexibility index (Phi) is 26.5. The van der Waals surface area contributed by atoms with E-state index in [0.29, 0.717) is 51.3 Å². The number of nitrogens with zero attached hydrogens (tertiary/aromatic N) is 10. The third-order valence-corrected chi connectivity index (χ3v) is 17.2. The normalized spacial score (nSPS) is 13.4. The highest BCUT2D eigenvalue weighted by Crippen LogP contribution is 2.31. The molecule has 12 N–H and O–H groups in total. The number of hydrogen-bond donors (Lipinski definition) is 10. The van der Waals surface area contributed by atoms with Crippen LogP contribution >= 0.6 is 11.6 Å². The zero-order valence-corrected chi connectivity index (χ0v) is 57.3. The van der Waals surface area contributed by atoms with Crippen LogP contribution in [-0.4, -0.2) is 136 Å². The lowest BCUT2D eigenvalue weighted by Gasteiger charge is -2.20. The molecule has 4 fully saturated rings. The number of H-pyrrole nitrogens is 3. The number of benzene rings is 3. The quantitative estimate of drug-likeness (QED) is 0.0235. The summed E-state index contributed by atoms with van der Waals surface area (Å²) >= 11 is 5.38. The van der Waals surface area contributed by atoms with Gasteiger partial charge < -0.3 is 67.3 Å². The van der Waals surface area contributed by atoms with Gasteiger partial charge in [-0.05, 0) is 163 Å². The number of rotatable bonds is 12. The van der Waals surface area contributed by atoms with E-state index in [2.05, 4.69) is 55.7 Å². The number of aryl methyl sites for hydroxylation is 3. The van der Waals surface area contributed by atoms with Crippen LogP contribution in [0.15, 0.2) is 136 Å². The van der Waals surface area contributed by atoms with Gasteiger partial charge in [0.05, 0.1) is 37.8 Å². The van der Waals surface area contributed by atoms with Crippen molar-refractivity contribution < 1.29 is 44.2 Å². The van der Waals surface area contributed by atoms with Gasteiger partial charge in [-0.25, -0.2) is 29.5 Å². The number of hydrogen-bond acceptors (Lipinski definition) is 23. The van der Waals surface area contributed by atoms with Crippen LogP contribution in [0.2, 0.25) is 5.15 Å². The SMILES string of the molecule is C.C1CCNC1.Cc1cc(=O)[nH]c2ccc(N)cc12.Cc1cc(=O)[nH]c2ccc(NC(=O)c3cc(N)cnc3N3CCCC3)cc12.Cc1cc(=O)[nH]c2ccc(NC(=O)c3cc([N+](=O)[O-])cnc3N3CCCC3)cc12.O=C(O)c1cc([N+](=O)[O-])cnc1Cl.O=C(O)c1cc([N+](=O)[O-])cnc1N1CCCC1. The molecule has 0 aliphatic carbocycles. The first kappa shape index (κ1) is 77.9. The van der Waals surface area contributed by atoms with Crippen molar-refractivity contribution >= 4 is 125 Å². The van der Waals surface area contributed by atoms with Crippen LogP contribution in [0.1, 0.15) is 117 Å². The van der Waals surface area contributed by atoms with Crippen LogP contribution in [-0.2, 0) is 0 Å². The molecule has 105 heavy (non-hydrogen) atoms. The van der Waals surface area contributed by atoms with Gasteiger partial charge in [0, 0.05) is 125 Å². The molecular weight excluding hydrogens is 1380 g/mol. The molecule has 14 rings (SSSR count). The topological polar surface area (TPSA) is 486 Å². The van der Waals surface area contributed by atoms with Crippen LogP contribution in [0.3, 0.4) is 0 Å². The van der Waals surface area contributed by atoms with Crippen molar-refractivity contribution in [3.8, 4) is 0 Å². The molecule has 0 unspecified atom stereocenters. The molecule has 7 aromatic heterocycles. The van der Waals surface area contributed by atoms with E-state index in [0.717, 1.165) is 146 Å². The molecule has 0 radical (unpaired) electrons. The molecule has 10 aromatic rings. The van der Waals surface area contributed by atoms with E-state index in [1.165, 1.54) is 44.3 Å². The van der Waals surface area contributed by atoms with Gasteiger partial charge in [0.25, 0.3) is 28.9 Å². The molecule has 4 aliphatic heterocycles. The smallest absolute Gasteiger partial charge is 0.339 e. The molecule has 548 valence electrons. The van der Waals surface area contributed by atoms with Crippen LogP contribution in [0.4, 0.5) is 57.3 Å². The second-order valence-electron chi connectivity index (χ2n) is 24.4. The van der Waals surface area contributed by atoms with Gasteiger partial charge in [0.2, 0.25) is 16.7 Å². The number of aromatic carboxylic acids is 2. The van der Waals surface area contributed by atoms with Crippen LogP contribution < -0.4 is 58.8 Å². The molecule has 0 atom stereocenters. The van der Waals surface area contributed by atoms with Gasteiger partial charge in [-0.1, -0.05) is 19.0 Å². The van der Waals surface area contributed by atoms with E-state index >= 15 is 0 Å². The number of amides is 2. The first-order valence-corrected chi connectivity index (χ1v) is 33.1. The lowest BCUT2D eigenvalue weighted by atomic mass is 10.1. The maximum absolute atomic E-state index is 13.0. The first-order valence-electron chi connectivity index (χ1n) is 32.8. The maximum Gasteiger partial charge on any atom is 0.339 e. The Morgan fingerprint density at radius 1 is 0.457 bits per heavy atom. The fourth-order valence-electron chi connectivity index (χ4n) is 11.8. The Bertz CT molecular complexity index is 5100. The number of anilines is 7. The summed E-state index contributed by atoms with van der Waals surface area (Å²) in [6, 6.07) is 25.5. The van der Waals surface area contributed by atoms with E-state index in [1.54, 1.807) is 60.8 Å². The third-order valence-electron chi connectivity index (χ3n) is 16.9. The number of carbonyl (C=O) groups is 4. The van der Waals surface area contributed by atoms with Gasteiger partial charge in [-0.15, -0.1) is 0 Å². The number of nitrogens with one attached hydrogen (secondary N) is 6. The molecule has 3 aromatic carbocycles. The lowest BCUT2D eigenvalue weighted by molar-refractivity contribution is -0.385. The minimum Gasteiger partial charge on any atom is -0.478 e. The lowest BCUT2D eigenvalue weighted by Crippen LogP contribution is -2.24. The summed E-state index contributed by atoms with van der Waals surface area (Å²) in [5, 5.41) is 60.9. The average molecular weight is 1460 g/mol. The van der Waals surface area contributed by atoms with Crippen LogP contribution in [0.25, 0.3) is 32.7 Å². The summed E-state index contributed by atoms with van der Waals surface area (Å²) in [5.41, 5.74) is 17.5. The van der Waals surface area contributed by atoms with E-state index in [4.69, 9.17) is 33.3 Å². The standard InChI is InChI=1S/C20H19N5O4.C20H21N5O2.C10H11N3O4.C10H10N2O.C6H3ClN2O4.C4H9N.CH4/c1-12-8-18(26)23-17-5-4-13(9-15(12)17)22-20(27)16-10-14(25(28)29)11-21-19(16)24-6-2-3-7-24;1-12-8-18(26)24-17-5-4-14(10-15(12)17)23-20(27)16-9-13(21)11-22-19(16)25-6-2-3-7-25;14-10(15)8-5-7(13(16)17)6-11-9(8)12-3-1-2-4-12;1-6-4-10(13)12-9-3-2-7(11)5-8(6)9;7-5-4(6(10)11)1-3(2-8-5)9(12)13;1-2-4-5-3-1;/h4-5,8-11H,2-3,6-7H2,1H3,(H,22,27)(H,23,26);4-5,8-11H,2-3,6-7,21H2,1H3,(H,23,27)(H,24,26);5-6H,1-4H2,(H,14,15);2-5H,11H2,1H3,(H,12,13);1-2H,(H,10,11);5H,1-4H2;1H4. The number of nitrogen functional groups attached to an aromatic ring is 2. The number of carboxylic acids is 2. The molecule has 33 nitrogen and oxygen atoms in total. The second kappa shape index (κ2) is 35.7. The number of fused-ring (bicyclic) bond motifs is 3. The van der Waals surface area contributed by atoms with Crippen molar-refractivity contribution in [1.29, 1.82) is 0 Å². The number of carbonyl (C=O) groups excluding carboxylic acids is 2. The fourth-order valence-corrected chi connectivity index (χ4v) is 11.9. The Hall–Kier alpha value is -12.8. The number of aromatic nitrogens is 7. The number of nitro groups is 3. The molecule has 0 spiro atoms. The summed E-state index contributed by atoms with van der Waals surface area (Å²) in [6.07, 6.45) is 13.7. The Labute approximate surface area is 603 Å². The van der Waals surface area contributed by atoms with Crippen LogP contribution in [0.5, 0.6) is 0 Å². The molecule has 0 saturated carbocycles. The zero-order chi connectivity index (χ0) is 74.9. The molecular formula is C71H77ClN18O15. The Balaban J connectivity index is 0.000000168. The van der Waals surface area contributed by atoms with E-state index < -0.39 is 38.3 Å². The number of pyridine rings is 7. The van der Waals surface area contributed by atoms with Crippen molar-refractivity contribution in [2.24, 2.45) is 0 Å². The van der Waals surface area contributed by atoms with Gasteiger partial charge >= 0.3 is 11.9 Å². The van der Waals surface area contributed by atoms with Crippen molar-refractivity contribution in [3.05, 3.63) is 227 Å². The number of nitrogens with two attached hydrogens (primary N) is 2. The predicted molar refractivity (Wildman–Crippen MR) is 402 cm³/mol. The third kappa shape index (κ3) is 20.5.